The Kier molecular flexibility index (Phi) is 2.81. The van der Waals surface area contributed by atoms with Gasteiger partial charge < -0.3 is 5.73 Å². The van der Waals surface area contributed by atoms with Crippen LogP contribution in [-0.2, 0) is 0 Å². The van der Waals surface area contributed by atoms with E-state index in [-0.39, 0.29) is 5.28 Å². The van der Waals surface area contributed by atoms with E-state index in [4.69, 9.17) is 17.3 Å². The Bertz CT molecular complexity index is 517. The lowest BCUT2D eigenvalue weighted by Gasteiger charge is -2.05. The summed E-state index contributed by atoms with van der Waals surface area (Å²) in [5.41, 5.74) is 7.13. The van der Waals surface area contributed by atoms with Gasteiger partial charge in [-0.3, -0.25) is 0 Å². The lowest BCUT2D eigenvalue weighted by atomic mass is 10.2. The third kappa shape index (κ3) is 1.68. The fourth-order valence-corrected chi connectivity index (χ4v) is 2.80. The standard InChI is InChI=1S/C8H4BrClIN3/c9-4-1-5(11)3-2-13-8(10)14-7(3)6(4)12/h1-2H,12H2. The van der Waals surface area contributed by atoms with Crippen LogP contribution in [0, 0.1) is 3.57 Å². The molecule has 14 heavy (non-hydrogen) atoms. The first-order valence-corrected chi connectivity index (χ1v) is 5.90. The molecule has 1 aromatic carbocycles. The SMILES string of the molecule is Nc1c(Br)cc(I)c2cnc(Cl)nc12. The van der Waals surface area contributed by atoms with Gasteiger partial charge in [0.1, 0.15) is 5.52 Å². The van der Waals surface area contributed by atoms with Crippen molar-refractivity contribution in [3.05, 3.63) is 25.6 Å². The first-order valence-electron chi connectivity index (χ1n) is 3.65. The molecule has 0 aliphatic heterocycles. The van der Waals surface area contributed by atoms with E-state index in [1.54, 1.807) is 6.20 Å². The Morgan fingerprint density at radius 2 is 2.21 bits per heavy atom. The fraction of sp³-hybridized carbons (Fsp3) is 0. The van der Waals surface area contributed by atoms with Crippen LogP contribution in [0.3, 0.4) is 0 Å². The predicted octanol–water partition coefficient (Wildman–Crippen LogP) is 3.23. The van der Waals surface area contributed by atoms with Crippen molar-refractivity contribution in [1.29, 1.82) is 0 Å². The van der Waals surface area contributed by atoms with E-state index in [0.29, 0.717) is 11.2 Å². The summed E-state index contributed by atoms with van der Waals surface area (Å²) < 4.78 is 1.86. The Morgan fingerprint density at radius 1 is 1.50 bits per heavy atom. The molecule has 0 bridgehead atoms. The first-order chi connectivity index (χ1) is 6.59. The molecule has 72 valence electrons. The third-order valence-corrected chi connectivity index (χ3v) is 3.51. The van der Waals surface area contributed by atoms with Crippen molar-refractivity contribution in [3.63, 3.8) is 0 Å². The van der Waals surface area contributed by atoms with Crippen molar-refractivity contribution in [2.45, 2.75) is 0 Å². The summed E-state index contributed by atoms with van der Waals surface area (Å²) in [7, 11) is 0. The van der Waals surface area contributed by atoms with Gasteiger partial charge in [0, 0.05) is 19.6 Å². The first kappa shape index (κ1) is 10.4. The van der Waals surface area contributed by atoms with Gasteiger partial charge in [-0.25, -0.2) is 9.97 Å². The average molecular weight is 384 g/mol. The Labute approximate surface area is 107 Å². The Hall–Kier alpha value is -0.140. The third-order valence-electron chi connectivity index (χ3n) is 1.78. The van der Waals surface area contributed by atoms with Crippen molar-refractivity contribution in [1.82, 2.24) is 9.97 Å². The zero-order valence-corrected chi connectivity index (χ0v) is 11.3. The predicted molar refractivity (Wildman–Crippen MR) is 69.4 cm³/mol. The number of benzene rings is 1. The van der Waals surface area contributed by atoms with E-state index in [1.807, 2.05) is 6.07 Å². The van der Waals surface area contributed by atoms with Gasteiger partial charge in [0.15, 0.2) is 0 Å². The maximum Gasteiger partial charge on any atom is 0.222 e. The molecule has 0 spiro atoms. The lowest BCUT2D eigenvalue weighted by Crippen LogP contribution is -1.94. The Balaban J connectivity index is 2.95. The van der Waals surface area contributed by atoms with Crippen molar-refractivity contribution < 1.29 is 0 Å². The molecule has 0 saturated carbocycles. The molecule has 1 heterocycles. The largest absolute Gasteiger partial charge is 0.396 e. The molecule has 0 fully saturated rings. The number of hydrogen-bond acceptors (Lipinski definition) is 3. The monoisotopic (exact) mass is 383 g/mol. The molecule has 0 atom stereocenters. The summed E-state index contributed by atoms with van der Waals surface area (Å²) in [5, 5.41) is 1.12. The lowest BCUT2D eigenvalue weighted by molar-refractivity contribution is 1.22. The van der Waals surface area contributed by atoms with E-state index in [9.17, 15) is 0 Å². The molecule has 2 aromatic rings. The minimum atomic E-state index is 0.207. The summed E-state index contributed by atoms with van der Waals surface area (Å²) in [6.07, 6.45) is 1.68. The number of halogens is 3. The van der Waals surface area contributed by atoms with Crippen LogP contribution in [0.5, 0.6) is 0 Å². The zero-order valence-electron chi connectivity index (χ0n) is 6.76. The van der Waals surface area contributed by atoms with Crippen molar-refractivity contribution in [2.75, 3.05) is 5.73 Å². The van der Waals surface area contributed by atoms with Crippen LogP contribution in [-0.4, -0.2) is 9.97 Å². The molecule has 1 aromatic heterocycles. The molecule has 3 nitrogen and oxygen atoms in total. The van der Waals surface area contributed by atoms with E-state index in [1.165, 1.54) is 0 Å². The quantitative estimate of drug-likeness (QED) is 0.431. The molecule has 6 heteroatoms. The summed E-state index contributed by atoms with van der Waals surface area (Å²) in [6.45, 7) is 0. The molecule has 0 saturated heterocycles. The average Bonchev–Trinajstić information content (AvgIpc) is 2.14. The molecule has 2 N–H and O–H groups in total. The van der Waals surface area contributed by atoms with Gasteiger partial charge in [-0.1, -0.05) is 0 Å². The van der Waals surface area contributed by atoms with Gasteiger partial charge >= 0.3 is 0 Å². The zero-order chi connectivity index (χ0) is 10.3. The van der Waals surface area contributed by atoms with Crippen molar-refractivity contribution in [3.8, 4) is 0 Å². The van der Waals surface area contributed by atoms with E-state index in [0.717, 1.165) is 13.4 Å². The molecule has 0 amide bonds. The van der Waals surface area contributed by atoms with Crippen molar-refractivity contribution >= 4 is 66.7 Å². The molecular weight excluding hydrogens is 380 g/mol. The van der Waals surface area contributed by atoms with Gasteiger partial charge in [0.25, 0.3) is 0 Å². The van der Waals surface area contributed by atoms with E-state index >= 15 is 0 Å². The number of nitrogen functional groups attached to an aromatic ring is 1. The second kappa shape index (κ2) is 3.79. The molecule has 0 aliphatic carbocycles. The van der Waals surface area contributed by atoms with Crippen LogP contribution in [0.25, 0.3) is 10.9 Å². The van der Waals surface area contributed by atoms with Crippen LogP contribution in [0.1, 0.15) is 0 Å². The number of rotatable bonds is 0. The van der Waals surface area contributed by atoms with Crippen LogP contribution in [0.2, 0.25) is 5.28 Å². The van der Waals surface area contributed by atoms with Crippen LogP contribution in [0.15, 0.2) is 16.7 Å². The maximum absolute atomic E-state index is 5.86. The minimum Gasteiger partial charge on any atom is -0.396 e. The number of fused-ring (bicyclic) bond motifs is 1. The highest BCUT2D eigenvalue weighted by Crippen LogP contribution is 2.31. The van der Waals surface area contributed by atoms with Crippen LogP contribution in [0.4, 0.5) is 5.69 Å². The normalized spacial score (nSPS) is 10.8. The fourth-order valence-electron chi connectivity index (χ4n) is 1.12. The van der Waals surface area contributed by atoms with E-state index < -0.39 is 0 Å². The smallest absolute Gasteiger partial charge is 0.222 e. The number of nitrogens with two attached hydrogens (primary N) is 1. The molecule has 2 rings (SSSR count). The van der Waals surface area contributed by atoms with Crippen molar-refractivity contribution in [2.24, 2.45) is 0 Å². The molecular formula is C8H4BrClIN3. The number of anilines is 1. The number of nitrogens with zero attached hydrogens (tertiary/aromatic N) is 2. The van der Waals surface area contributed by atoms with Gasteiger partial charge in [0.2, 0.25) is 5.28 Å². The van der Waals surface area contributed by atoms with Gasteiger partial charge in [-0.15, -0.1) is 0 Å². The minimum absolute atomic E-state index is 0.207. The summed E-state index contributed by atoms with van der Waals surface area (Å²) in [5.74, 6) is 0. The van der Waals surface area contributed by atoms with Gasteiger partial charge in [-0.05, 0) is 56.2 Å². The van der Waals surface area contributed by atoms with Gasteiger partial charge in [0.05, 0.1) is 5.69 Å². The summed E-state index contributed by atoms with van der Waals surface area (Å²) >= 11 is 11.3. The highest BCUT2D eigenvalue weighted by Gasteiger charge is 2.08. The van der Waals surface area contributed by atoms with Gasteiger partial charge in [-0.2, -0.15) is 0 Å². The molecule has 0 radical (unpaired) electrons. The summed E-state index contributed by atoms with van der Waals surface area (Å²) in [6, 6.07) is 1.93. The topological polar surface area (TPSA) is 51.8 Å². The van der Waals surface area contributed by atoms with Crippen LogP contribution >= 0.6 is 50.1 Å². The number of aromatic nitrogens is 2. The Morgan fingerprint density at radius 3 is 2.93 bits per heavy atom. The number of hydrogen-bond donors (Lipinski definition) is 1. The summed E-state index contributed by atoms with van der Waals surface area (Å²) in [4.78, 5) is 8.01. The molecule has 0 unspecified atom stereocenters. The van der Waals surface area contributed by atoms with Crippen LogP contribution < -0.4 is 5.73 Å². The molecule has 0 aliphatic rings. The maximum atomic E-state index is 5.86. The second-order valence-corrected chi connectivity index (χ2v) is 5.01. The highest BCUT2D eigenvalue weighted by atomic mass is 127. The second-order valence-electron chi connectivity index (χ2n) is 2.66. The van der Waals surface area contributed by atoms with E-state index in [2.05, 4.69) is 48.5 Å². The highest BCUT2D eigenvalue weighted by molar-refractivity contribution is 14.1.